The van der Waals surface area contributed by atoms with Gasteiger partial charge >= 0.3 is 5.97 Å². The van der Waals surface area contributed by atoms with E-state index in [9.17, 15) is 4.79 Å². The molecule has 28 heavy (non-hydrogen) atoms. The van der Waals surface area contributed by atoms with Crippen molar-refractivity contribution < 1.29 is 9.53 Å². The van der Waals surface area contributed by atoms with Gasteiger partial charge in [-0.05, 0) is 71.9 Å². The molecule has 0 fully saturated rings. The summed E-state index contributed by atoms with van der Waals surface area (Å²) >= 11 is 0. The van der Waals surface area contributed by atoms with E-state index in [1.165, 1.54) is 48.8 Å². The Morgan fingerprint density at radius 2 is 1.61 bits per heavy atom. The van der Waals surface area contributed by atoms with Gasteiger partial charge in [-0.25, -0.2) is 0 Å². The molecule has 1 aliphatic carbocycles. The minimum absolute atomic E-state index is 0.204. The monoisotopic (exact) mass is 376 g/mol. The summed E-state index contributed by atoms with van der Waals surface area (Å²) < 4.78 is 5.25. The van der Waals surface area contributed by atoms with Crippen LogP contribution in [-0.4, -0.2) is 5.97 Å². The number of hydrogen-bond donors (Lipinski definition) is 0. The number of ether oxygens (including phenoxy) is 1. The molecule has 0 aliphatic heterocycles. The number of allylic oxidation sites excluding steroid dienone is 2. The number of carbonyl (C=O) groups is 1. The second-order valence-corrected chi connectivity index (χ2v) is 8.05. The highest BCUT2D eigenvalue weighted by Crippen LogP contribution is 2.34. The predicted molar refractivity (Wildman–Crippen MR) is 117 cm³/mol. The molecule has 2 atom stereocenters. The molecule has 0 spiro atoms. The topological polar surface area (TPSA) is 26.3 Å². The average Bonchev–Trinajstić information content (AvgIpc) is 2.75. The summed E-state index contributed by atoms with van der Waals surface area (Å²) in [6.07, 6.45) is 9.23. The van der Waals surface area contributed by atoms with E-state index in [-0.39, 0.29) is 5.97 Å². The van der Waals surface area contributed by atoms with Gasteiger partial charge in [0.1, 0.15) is 5.75 Å². The Morgan fingerprint density at radius 1 is 1.00 bits per heavy atom. The third kappa shape index (κ3) is 5.34. The molecule has 0 amide bonds. The molecule has 1 aliphatic rings. The first kappa shape index (κ1) is 20.4. The van der Waals surface area contributed by atoms with Crippen molar-refractivity contribution in [2.24, 2.45) is 11.8 Å². The molecule has 0 saturated carbocycles. The second kappa shape index (κ2) is 9.73. The third-order valence-corrected chi connectivity index (χ3v) is 5.92. The van der Waals surface area contributed by atoms with Crippen molar-refractivity contribution in [2.75, 3.05) is 0 Å². The summed E-state index contributed by atoms with van der Waals surface area (Å²) in [5.41, 5.74) is 5.16. The van der Waals surface area contributed by atoms with Gasteiger partial charge in [-0.1, -0.05) is 69.7 Å². The molecular formula is C26H32O2. The SMILES string of the molecule is CCC(=O)Oc1ccc(-c2ccc(C3=CCC(CC(C)CC)CC3)cc2)cc1. The number of hydrogen-bond acceptors (Lipinski definition) is 2. The number of benzene rings is 2. The molecule has 3 rings (SSSR count). The molecule has 2 unspecified atom stereocenters. The van der Waals surface area contributed by atoms with Crippen molar-refractivity contribution in [2.45, 2.75) is 59.3 Å². The molecule has 0 saturated heterocycles. The Hall–Kier alpha value is -2.35. The van der Waals surface area contributed by atoms with Gasteiger partial charge in [0.2, 0.25) is 0 Å². The lowest BCUT2D eigenvalue weighted by molar-refractivity contribution is -0.134. The first-order chi connectivity index (χ1) is 13.6. The summed E-state index contributed by atoms with van der Waals surface area (Å²) in [5, 5.41) is 0. The van der Waals surface area contributed by atoms with E-state index in [1.807, 2.05) is 24.3 Å². The summed E-state index contributed by atoms with van der Waals surface area (Å²) in [6.45, 7) is 6.46. The summed E-state index contributed by atoms with van der Waals surface area (Å²) in [7, 11) is 0. The highest BCUT2D eigenvalue weighted by atomic mass is 16.5. The van der Waals surface area contributed by atoms with Crippen LogP contribution in [0.3, 0.4) is 0 Å². The quantitative estimate of drug-likeness (QED) is 0.374. The van der Waals surface area contributed by atoms with Crippen molar-refractivity contribution in [3.8, 4) is 16.9 Å². The maximum atomic E-state index is 11.4. The highest BCUT2D eigenvalue weighted by Gasteiger charge is 2.17. The maximum Gasteiger partial charge on any atom is 0.310 e. The normalized spacial score (nSPS) is 17.7. The maximum absolute atomic E-state index is 11.4. The predicted octanol–water partition coefficient (Wildman–Crippen LogP) is 7.29. The van der Waals surface area contributed by atoms with Crippen LogP contribution >= 0.6 is 0 Å². The number of rotatable bonds is 7. The van der Waals surface area contributed by atoms with Crippen molar-refractivity contribution in [1.82, 2.24) is 0 Å². The van der Waals surface area contributed by atoms with Crippen LogP contribution in [0.5, 0.6) is 5.75 Å². The van der Waals surface area contributed by atoms with Crippen LogP contribution in [0.25, 0.3) is 16.7 Å². The van der Waals surface area contributed by atoms with Gasteiger partial charge in [0.05, 0.1) is 0 Å². The van der Waals surface area contributed by atoms with E-state index in [1.54, 1.807) is 6.92 Å². The van der Waals surface area contributed by atoms with Gasteiger partial charge in [0.25, 0.3) is 0 Å². The van der Waals surface area contributed by atoms with Crippen LogP contribution in [-0.2, 0) is 4.79 Å². The molecule has 0 radical (unpaired) electrons. The third-order valence-electron chi connectivity index (χ3n) is 5.92. The molecule has 0 N–H and O–H groups in total. The zero-order valence-electron chi connectivity index (χ0n) is 17.4. The van der Waals surface area contributed by atoms with Crippen LogP contribution in [0.1, 0.15) is 64.9 Å². The number of carbonyl (C=O) groups excluding carboxylic acids is 1. The van der Waals surface area contributed by atoms with Crippen molar-refractivity contribution in [1.29, 1.82) is 0 Å². The minimum Gasteiger partial charge on any atom is -0.427 e. The zero-order chi connectivity index (χ0) is 19.9. The Morgan fingerprint density at radius 3 is 2.14 bits per heavy atom. The fourth-order valence-electron chi connectivity index (χ4n) is 3.90. The van der Waals surface area contributed by atoms with E-state index in [2.05, 4.69) is 44.2 Å². The summed E-state index contributed by atoms with van der Waals surface area (Å²) in [5.74, 6) is 2.10. The van der Waals surface area contributed by atoms with E-state index < -0.39 is 0 Å². The van der Waals surface area contributed by atoms with Crippen LogP contribution in [0, 0.1) is 11.8 Å². The largest absolute Gasteiger partial charge is 0.427 e. The van der Waals surface area contributed by atoms with Gasteiger partial charge in [-0.2, -0.15) is 0 Å². The summed E-state index contributed by atoms with van der Waals surface area (Å²) in [6, 6.07) is 16.6. The Balaban J connectivity index is 1.63. The van der Waals surface area contributed by atoms with Gasteiger partial charge in [-0.3, -0.25) is 4.79 Å². The Kier molecular flexibility index (Phi) is 7.08. The Bertz CT molecular complexity index is 799. The average molecular weight is 377 g/mol. The van der Waals surface area contributed by atoms with Gasteiger partial charge in [0, 0.05) is 6.42 Å². The van der Waals surface area contributed by atoms with E-state index >= 15 is 0 Å². The molecule has 148 valence electrons. The van der Waals surface area contributed by atoms with Gasteiger partial charge < -0.3 is 4.74 Å². The first-order valence-corrected chi connectivity index (χ1v) is 10.7. The molecule has 2 aromatic rings. The smallest absolute Gasteiger partial charge is 0.310 e. The molecule has 0 heterocycles. The van der Waals surface area contributed by atoms with Crippen molar-refractivity contribution in [3.05, 3.63) is 60.2 Å². The van der Waals surface area contributed by atoms with Gasteiger partial charge in [0.15, 0.2) is 0 Å². The van der Waals surface area contributed by atoms with Crippen LogP contribution in [0.2, 0.25) is 0 Å². The highest BCUT2D eigenvalue weighted by molar-refractivity contribution is 5.73. The minimum atomic E-state index is -0.204. The molecule has 0 bridgehead atoms. The summed E-state index contributed by atoms with van der Waals surface area (Å²) in [4.78, 5) is 11.4. The molecular weight excluding hydrogens is 344 g/mol. The Labute approximate surface area is 169 Å². The lowest BCUT2D eigenvalue weighted by atomic mass is 9.81. The number of esters is 1. The molecule has 2 nitrogen and oxygen atoms in total. The van der Waals surface area contributed by atoms with E-state index in [0.717, 1.165) is 17.4 Å². The molecule has 2 aromatic carbocycles. The van der Waals surface area contributed by atoms with Gasteiger partial charge in [-0.15, -0.1) is 0 Å². The zero-order valence-corrected chi connectivity index (χ0v) is 17.4. The van der Waals surface area contributed by atoms with Crippen LogP contribution in [0.4, 0.5) is 0 Å². The van der Waals surface area contributed by atoms with Crippen molar-refractivity contribution >= 4 is 11.5 Å². The fraction of sp³-hybridized carbons (Fsp3) is 0.423. The standard InChI is InChI=1S/C26H32O2/c1-4-19(3)18-20-6-8-21(9-7-20)22-10-12-23(13-11-22)24-14-16-25(17-15-24)28-26(27)5-2/h8,10-17,19-20H,4-7,9,18H2,1-3H3. The first-order valence-electron chi connectivity index (χ1n) is 10.7. The lowest BCUT2D eigenvalue weighted by Crippen LogP contribution is -2.09. The van der Waals surface area contributed by atoms with Crippen LogP contribution < -0.4 is 4.74 Å². The van der Waals surface area contributed by atoms with E-state index in [0.29, 0.717) is 12.2 Å². The fourth-order valence-corrected chi connectivity index (χ4v) is 3.90. The second-order valence-electron chi connectivity index (χ2n) is 8.05. The molecule has 0 aromatic heterocycles. The van der Waals surface area contributed by atoms with Crippen molar-refractivity contribution in [3.63, 3.8) is 0 Å². The lowest BCUT2D eigenvalue weighted by Gasteiger charge is -2.24. The molecule has 2 heteroatoms. The van der Waals surface area contributed by atoms with E-state index in [4.69, 9.17) is 4.74 Å². The van der Waals surface area contributed by atoms with Crippen LogP contribution in [0.15, 0.2) is 54.6 Å².